The first-order valence-corrected chi connectivity index (χ1v) is 6.36. The zero-order valence-corrected chi connectivity index (χ0v) is 11.3. The van der Waals surface area contributed by atoms with Gasteiger partial charge in [-0.2, -0.15) is 0 Å². The van der Waals surface area contributed by atoms with Gasteiger partial charge in [0.2, 0.25) is 0 Å². The number of benzene rings is 2. The van der Waals surface area contributed by atoms with Crippen LogP contribution in [-0.4, -0.2) is 16.2 Å². The molecule has 2 rings (SSSR count). The van der Waals surface area contributed by atoms with Gasteiger partial charge in [-0.1, -0.05) is 35.9 Å². The van der Waals surface area contributed by atoms with Gasteiger partial charge in [-0.3, -0.25) is 0 Å². The highest BCUT2D eigenvalue weighted by molar-refractivity contribution is 5.94. The number of hydrogen-bond acceptors (Lipinski definition) is 3. The first-order chi connectivity index (χ1) is 9.60. The molecule has 4 heteroatoms. The van der Waals surface area contributed by atoms with Crippen LogP contribution in [0.4, 0.5) is 5.69 Å². The lowest BCUT2D eigenvalue weighted by atomic mass is 10.1. The van der Waals surface area contributed by atoms with Crippen molar-refractivity contribution in [2.24, 2.45) is 0 Å². The number of hydrogen-bond donors (Lipinski definition) is 3. The van der Waals surface area contributed by atoms with Crippen molar-refractivity contribution in [1.82, 2.24) is 0 Å². The maximum Gasteiger partial charge on any atom is 0.337 e. The largest absolute Gasteiger partial charge is 0.478 e. The molecule has 0 radical (unpaired) electrons. The molecule has 3 N–H and O–H groups in total. The van der Waals surface area contributed by atoms with Gasteiger partial charge in [-0.25, -0.2) is 4.79 Å². The van der Waals surface area contributed by atoms with Crippen LogP contribution in [0.25, 0.3) is 0 Å². The summed E-state index contributed by atoms with van der Waals surface area (Å²) >= 11 is 0. The normalized spacial score (nSPS) is 10.3. The van der Waals surface area contributed by atoms with E-state index in [1.165, 1.54) is 0 Å². The molecular formula is C16H17NO3. The van der Waals surface area contributed by atoms with E-state index < -0.39 is 5.97 Å². The summed E-state index contributed by atoms with van der Waals surface area (Å²) in [4.78, 5) is 11.2. The lowest BCUT2D eigenvalue weighted by molar-refractivity contribution is 0.0698. The minimum Gasteiger partial charge on any atom is -0.478 e. The van der Waals surface area contributed by atoms with E-state index in [9.17, 15) is 9.90 Å². The summed E-state index contributed by atoms with van der Waals surface area (Å²) in [6.07, 6.45) is 0. The molecule has 0 saturated heterocycles. The zero-order chi connectivity index (χ0) is 14.5. The Balaban J connectivity index is 2.12. The van der Waals surface area contributed by atoms with E-state index in [1.807, 2.05) is 37.3 Å². The van der Waals surface area contributed by atoms with E-state index in [1.54, 1.807) is 12.1 Å². The summed E-state index contributed by atoms with van der Waals surface area (Å²) in [6, 6.07) is 12.8. The fourth-order valence-electron chi connectivity index (χ4n) is 1.95. The fraction of sp³-hybridized carbons (Fsp3) is 0.188. The van der Waals surface area contributed by atoms with Gasteiger partial charge >= 0.3 is 5.97 Å². The summed E-state index contributed by atoms with van der Waals surface area (Å²) in [5.74, 6) is -0.938. The first kappa shape index (κ1) is 14.1. The van der Waals surface area contributed by atoms with Gasteiger partial charge in [-0.15, -0.1) is 0 Å². The molecule has 2 aromatic carbocycles. The maximum atomic E-state index is 11.2. The standard InChI is InChI=1S/C16H17NO3/c1-11-2-7-15(14(8-11)16(19)20)17-9-12-3-5-13(10-18)6-4-12/h2-8,17-18H,9-10H2,1H3,(H,19,20). The van der Waals surface area contributed by atoms with Gasteiger partial charge in [0.25, 0.3) is 0 Å². The van der Waals surface area contributed by atoms with Crippen molar-refractivity contribution in [3.63, 3.8) is 0 Å². The Morgan fingerprint density at radius 1 is 1.10 bits per heavy atom. The lowest BCUT2D eigenvalue weighted by Gasteiger charge is -2.10. The van der Waals surface area contributed by atoms with Crippen molar-refractivity contribution in [3.05, 3.63) is 64.7 Å². The summed E-state index contributed by atoms with van der Waals surface area (Å²) in [6.45, 7) is 2.42. The molecular weight excluding hydrogens is 254 g/mol. The molecule has 20 heavy (non-hydrogen) atoms. The number of aliphatic hydroxyl groups is 1. The molecule has 4 nitrogen and oxygen atoms in total. The molecule has 0 aliphatic rings. The fourth-order valence-corrected chi connectivity index (χ4v) is 1.95. The van der Waals surface area contributed by atoms with Gasteiger partial charge in [0.1, 0.15) is 0 Å². The number of rotatable bonds is 5. The molecule has 0 bridgehead atoms. The third-order valence-electron chi connectivity index (χ3n) is 3.09. The molecule has 0 saturated carbocycles. The zero-order valence-electron chi connectivity index (χ0n) is 11.3. The number of anilines is 1. The Kier molecular flexibility index (Phi) is 4.38. The smallest absolute Gasteiger partial charge is 0.337 e. The molecule has 0 heterocycles. The van der Waals surface area contributed by atoms with Crippen LogP contribution in [0.3, 0.4) is 0 Å². The van der Waals surface area contributed by atoms with E-state index in [0.29, 0.717) is 12.2 Å². The van der Waals surface area contributed by atoms with Crippen LogP contribution in [0, 0.1) is 6.92 Å². The van der Waals surface area contributed by atoms with Crippen LogP contribution in [0.5, 0.6) is 0 Å². The predicted octanol–water partition coefficient (Wildman–Crippen LogP) is 2.80. The van der Waals surface area contributed by atoms with Crippen LogP contribution in [0.1, 0.15) is 27.0 Å². The Morgan fingerprint density at radius 2 is 1.75 bits per heavy atom. The highest BCUT2D eigenvalue weighted by Gasteiger charge is 2.09. The van der Waals surface area contributed by atoms with Gasteiger partial charge in [0.15, 0.2) is 0 Å². The number of carboxylic acids is 1. The number of aryl methyl sites for hydroxylation is 1. The van der Waals surface area contributed by atoms with E-state index in [0.717, 1.165) is 16.7 Å². The minimum absolute atomic E-state index is 0.0227. The maximum absolute atomic E-state index is 11.2. The van der Waals surface area contributed by atoms with Crippen molar-refractivity contribution in [2.45, 2.75) is 20.1 Å². The molecule has 0 fully saturated rings. The molecule has 0 atom stereocenters. The molecule has 0 amide bonds. The summed E-state index contributed by atoms with van der Waals surface area (Å²) in [5, 5.41) is 21.3. The lowest BCUT2D eigenvalue weighted by Crippen LogP contribution is -2.06. The molecule has 0 aromatic heterocycles. The van der Waals surface area contributed by atoms with Crippen molar-refractivity contribution in [3.8, 4) is 0 Å². The quantitative estimate of drug-likeness (QED) is 0.782. The van der Waals surface area contributed by atoms with Crippen LogP contribution in [0.2, 0.25) is 0 Å². The molecule has 0 unspecified atom stereocenters. The van der Waals surface area contributed by atoms with Gasteiger partial charge in [0, 0.05) is 12.2 Å². The van der Waals surface area contributed by atoms with Crippen LogP contribution >= 0.6 is 0 Å². The summed E-state index contributed by atoms with van der Waals surface area (Å²) < 4.78 is 0. The molecule has 0 spiro atoms. The summed E-state index contributed by atoms with van der Waals surface area (Å²) in [7, 11) is 0. The van der Waals surface area contributed by atoms with Gasteiger partial charge in [0.05, 0.1) is 12.2 Å². The number of nitrogens with one attached hydrogen (secondary N) is 1. The second kappa shape index (κ2) is 6.21. The van der Waals surface area contributed by atoms with Crippen LogP contribution < -0.4 is 5.32 Å². The predicted molar refractivity (Wildman–Crippen MR) is 77.8 cm³/mol. The van der Waals surface area contributed by atoms with E-state index >= 15 is 0 Å². The average Bonchev–Trinajstić information content (AvgIpc) is 2.46. The SMILES string of the molecule is Cc1ccc(NCc2ccc(CO)cc2)c(C(=O)O)c1. The van der Waals surface area contributed by atoms with Crippen LogP contribution in [0.15, 0.2) is 42.5 Å². The van der Waals surface area contributed by atoms with Gasteiger partial charge in [-0.05, 0) is 30.2 Å². The highest BCUT2D eigenvalue weighted by Crippen LogP contribution is 2.18. The molecule has 104 valence electrons. The third kappa shape index (κ3) is 3.36. The Hall–Kier alpha value is -2.33. The Bertz CT molecular complexity index is 606. The van der Waals surface area contributed by atoms with Crippen LogP contribution in [-0.2, 0) is 13.2 Å². The molecule has 2 aromatic rings. The number of aliphatic hydroxyl groups excluding tert-OH is 1. The highest BCUT2D eigenvalue weighted by atomic mass is 16.4. The van der Waals surface area contributed by atoms with E-state index in [-0.39, 0.29) is 12.2 Å². The number of carbonyl (C=O) groups is 1. The Morgan fingerprint density at radius 3 is 2.35 bits per heavy atom. The van der Waals surface area contributed by atoms with Crippen molar-refractivity contribution in [2.75, 3.05) is 5.32 Å². The topological polar surface area (TPSA) is 69.6 Å². The van der Waals surface area contributed by atoms with Gasteiger partial charge < -0.3 is 15.5 Å². The second-order valence-electron chi connectivity index (χ2n) is 4.68. The number of carboxylic acid groups (broad SMARTS) is 1. The summed E-state index contributed by atoms with van der Waals surface area (Å²) in [5.41, 5.74) is 3.68. The second-order valence-corrected chi connectivity index (χ2v) is 4.68. The van der Waals surface area contributed by atoms with Crippen molar-refractivity contribution >= 4 is 11.7 Å². The monoisotopic (exact) mass is 271 g/mol. The van der Waals surface area contributed by atoms with E-state index in [2.05, 4.69) is 5.32 Å². The number of aromatic carboxylic acids is 1. The first-order valence-electron chi connectivity index (χ1n) is 6.36. The Labute approximate surface area is 117 Å². The van der Waals surface area contributed by atoms with E-state index in [4.69, 9.17) is 5.11 Å². The minimum atomic E-state index is -0.938. The van der Waals surface area contributed by atoms with Crippen molar-refractivity contribution in [1.29, 1.82) is 0 Å². The molecule has 0 aliphatic heterocycles. The van der Waals surface area contributed by atoms with Crippen molar-refractivity contribution < 1.29 is 15.0 Å². The molecule has 0 aliphatic carbocycles. The third-order valence-corrected chi connectivity index (χ3v) is 3.09. The average molecular weight is 271 g/mol.